The second kappa shape index (κ2) is 9.89. The van der Waals surface area contributed by atoms with E-state index in [1.54, 1.807) is 19.2 Å². The molecule has 0 saturated carbocycles. The highest BCUT2D eigenvalue weighted by Gasteiger charge is 2.06. The van der Waals surface area contributed by atoms with Crippen molar-refractivity contribution in [2.24, 2.45) is 0 Å². The van der Waals surface area contributed by atoms with E-state index in [0.29, 0.717) is 23.7 Å². The molecule has 0 aliphatic carbocycles. The molecule has 0 atom stereocenters. The largest absolute Gasteiger partial charge is 0.496 e. The van der Waals surface area contributed by atoms with Crippen LogP contribution in [0.25, 0.3) is 0 Å². The molecule has 1 aromatic rings. The Morgan fingerprint density at radius 2 is 2.16 bits per heavy atom. The van der Waals surface area contributed by atoms with Crippen molar-refractivity contribution >= 4 is 29.9 Å². The van der Waals surface area contributed by atoms with Crippen molar-refractivity contribution in [1.82, 2.24) is 10.6 Å². The summed E-state index contributed by atoms with van der Waals surface area (Å²) in [5.74, 6) is 0.736. The van der Waals surface area contributed by atoms with Crippen LogP contribution < -0.4 is 15.4 Å². The molecule has 0 radical (unpaired) electrons. The summed E-state index contributed by atoms with van der Waals surface area (Å²) < 4.78 is 5.21. The molecule has 0 unspecified atom stereocenters. The minimum absolute atomic E-state index is 0. The van der Waals surface area contributed by atoms with Crippen molar-refractivity contribution in [2.45, 2.75) is 19.4 Å². The van der Waals surface area contributed by atoms with E-state index in [-0.39, 0.29) is 18.3 Å². The van der Waals surface area contributed by atoms with Gasteiger partial charge in [0.15, 0.2) is 0 Å². The lowest BCUT2D eigenvalue weighted by Crippen LogP contribution is -2.23. The summed E-state index contributed by atoms with van der Waals surface area (Å²) in [6.45, 7) is 1.30. The average molecular weight is 307 g/mol. The molecule has 0 aromatic heterocycles. The second-order valence-corrected chi connectivity index (χ2v) is 4.38. The van der Waals surface area contributed by atoms with Gasteiger partial charge in [-0.1, -0.05) is 17.7 Å². The molecule has 0 spiro atoms. The lowest BCUT2D eigenvalue weighted by atomic mass is 10.2. The van der Waals surface area contributed by atoms with Crippen LogP contribution >= 0.6 is 24.0 Å². The van der Waals surface area contributed by atoms with E-state index < -0.39 is 0 Å². The lowest BCUT2D eigenvalue weighted by Gasteiger charge is -2.10. The van der Waals surface area contributed by atoms with Gasteiger partial charge in [-0.25, -0.2) is 0 Å². The van der Waals surface area contributed by atoms with Gasteiger partial charge >= 0.3 is 0 Å². The molecular formula is C13H20Cl2N2O2. The quantitative estimate of drug-likeness (QED) is 0.761. The molecule has 6 heteroatoms. The average Bonchev–Trinajstić information content (AvgIpc) is 2.37. The molecular weight excluding hydrogens is 287 g/mol. The van der Waals surface area contributed by atoms with Crippen LogP contribution in [-0.2, 0) is 11.3 Å². The van der Waals surface area contributed by atoms with Gasteiger partial charge in [-0.3, -0.25) is 4.79 Å². The van der Waals surface area contributed by atoms with Gasteiger partial charge in [0.2, 0.25) is 5.91 Å². The van der Waals surface area contributed by atoms with Gasteiger partial charge in [-0.2, -0.15) is 0 Å². The topological polar surface area (TPSA) is 50.4 Å². The maximum Gasteiger partial charge on any atom is 0.220 e. The standard InChI is InChI=1S/C13H19ClN2O2.ClH/c1-15-7-3-4-13(17)16-9-10-5-6-11(14)8-12(10)18-2;/h5-6,8,15H,3-4,7,9H2,1-2H3,(H,16,17);1H. The Morgan fingerprint density at radius 1 is 1.42 bits per heavy atom. The zero-order chi connectivity index (χ0) is 13.4. The first-order chi connectivity index (χ1) is 8.67. The van der Waals surface area contributed by atoms with Gasteiger partial charge in [0.1, 0.15) is 5.75 Å². The molecule has 0 aliphatic rings. The Balaban J connectivity index is 0.00000324. The van der Waals surface area contributed by atoms with Crippen molar-refractivity contribution in [3.63, 3.8) is 0 Å². The first-order valence-corrected chi connectivity index (χ1v) is 6.29. The fraction of sp³-hybridized carbons (Fsp3) is 0.462. The van der Waals surface area contributed by atoms with Crippen LogP contribution in [0, 0.1) is 0 Å². The minimum atomic E-state index is 0. The van der Waals surface area contributed by atoms with Crippen molar-refractivity contribution < 1.29 is 9.53 Å². The number of ether oxygens (including phenoxy) is 1. The number of benzene rings is 1. The minimum Gasteiger partial charge on any atom is -0.496 e. The molecule has 0 saturated heterocycles. The van der Waals surface area contributed by atoms with Crippen molar-refractivity contribution in [3.8, 4) is 5.75 Å². The van der Waals surface area contributed by atoms with Crippen LogP contribution in [0.1, 0.15) is 18.4 Å². The Kier molecular flexibility index (Phi) is 9.39. The number of methoxy groups -OCH3 is 1. The summed E-state index contributed by atoms with van der Waals surface area (Å²) in [5, 5.41) is 6.49. The molecule has 0 heterocycles. The van der Waals surface area contributed by atoms with Gasteiger partial charge in [-0.15, -0.1) is 12.4 Å². The Morgan fingerprint density at radius 3 is 2.79 bits per heavy atom. The highest BCUT2D eigenvalue weighted by atomic mass is 35.5. The van der Waals surface area contributed by atoms with Crippen LogP contribution in [0.2, 0.25) is 5.02 Å². The predicted molar refractivity (Wildman–Crippen MR) is 80.3 cm³/mol. The Labute approximate surface area is 125 Å². The maximum atomic E-state index is 11.6. The van der Waals surface area contributed by atoms with Gasteiger partial charge in [0, 0.05) is 23.6 Å². The van der Waals surface area contributed by atoms with Crippen molar-refractivity contribution in [2.75, 3.05) is 20.7 Å². The predicted octanol–water partition coefficient (Wildman–Crippen LogP) is 2.39. The molecule has 0 aliphatic heterocycles. The number of hydrogen-bond donors (Lipinski definition) is 2. The van der Waals surface area contributed by atoms with Gasteiger partial charge < -0.3 is 15.4 Å². The summed E-state index contributed by atoms with van der Waals surface area (Å²) in [4.78, 5) is 11.6. The molecule has 0 bridgehead atoms. The van der Waals surface area contributed by atoms with E-state index in [1.165, 1.54) is 0 Å². The van der Waals surface area contributed by atoms with Crippen LogP contribution in [0.5, 0.6) is 5.75 Å². The monoisotopic (exact) mass is 306 g/mol. The zero-order valence-electron chi connectivity index (χ0n) is 11.2. The van der Waals surface area contributed by atoms with Crippen LogP contribution in [0.3, 0.4) is 0 Å². The second-order valence-electron chi connectivity index (χ2n) is 3.94. The molecule has 1 rings (SSSR count). The molecule has 0 fully saturated rings. The first-order valence-electron chi connectivity index (χ1n) is 5.91. The molecule has 19 heavy (non-hydrogen) atoms. The van der Waals surface area contributed by atoms with Gasteiger partial charge in [0.05, 0.1) is 7.11 Å². The number of rotatable bonds is 7. The Hall–Kier alpha value is -0.970. The van der Waals surface area contributed by atoms with Crippen LogP contribution in [0.4, 0.5) is 0 Å². The molecule has 1 aromatic carbocycles. The van der Waals surface area contributed by atoms with E-state index in [1.807, 2.05) is 13.1 Å². The number of carbonyl (C=O) groups is 1. The fourth-order valence-corrected chi connectivity index (χ4v) is 1.73. The summed E-state index contributed by atoms with van der Waals surface area (Å²) in [5.41, 5.74) is 0.920. The molecule has 2 N–H and O–H groups in total. The molecule has 1 amide bonds. The lowest BCUT2D eigenvalue weighted by molar-refractivity contribution is -0.121. The SMILES string of the molecule is CNCCCC(=O)NCc1ccc(Cl)cc1OC.Cl. The van der Waals surface area contributed by atoms with E-state index in [9.17, 15) is 4.79 Å². The van der Waals surface area contributed by atoms with E-state index in [0.717, 1.165) is 18.5 Å². The highest BCUT2D eigenvalue weighted by molar-refractivity contribution is 6.30. The Bertz CT molecular complexity index is 400. The number of amides is 1. The van der Waals surface area contributed by atoms with E-state index in [4.69, 9.17) is 16.3 Å². The molecule has 108 valence electrons. The third-order valence-electron chi connectivity index (χ3n) is 2.56. The summed E-state index contributed by atoms with van der Waals surface area (Å²) >= 11 is 5.87. The van der Waals surface area contributed by atoms with E-state index >= 15 is 0 Å². The zero-order valence-corrected chi connectivity index (χ0v) is 12.7. The van der Waals surface area contributed by atoms with Gasteiger partial charge in [0.25, 0.3) is 0 Å². The summed E-state index contributed by atoms with van der Waals surface area (Å²) in [6, 6.07) is 5.38. The van der Waals surface area contributed by atoms with Crippen LogP contribution in [0.15, 0.2) is 18.2 Å². The van der Waals surface area contributed by atoms with Crippen LogP contribution in [-0.4, -0.2) is 26.6 Å². The highest BCUT2D eigenvalue weighted by Crippen LogP contribution is 2.22. The smallest absolute Gasteiger partial charge is 0.220 e. The molecule has 4 nitrogen and oxygen atoms in total. The number of carbonyl (C=O) groups excluding carboxylic acids is 1. The maximum absolute atomic E-state index is 11.6. The fourth-order valence-electron chi connectivity index (χ4n) is 1.57. The third-order valence-corrected chi connectivity index (χ3v) is 2.79. The van der Waals surface area contributed by atoms with Crippen molar-refractivity contribution in [1.29, 1.82) is 0 Å². The summed E-state index contributed by atoms with van der Waals surface area (Å²) in [7, 11) is 3.46. The number of hydrogen-bond acceptors (Lipinski definition) is 3. The van der Waals surface area contributed by atoms with Gasteiger partial charge in [-0.05, 0) is 32.1 Å². The number of halogens is 2. The number of nitrogens with one attached hydrogen (secondary N) is 2. The summed E-state index contributed by atoms with van der Waals surface area (Å²) in [6.07, 6.45) is 1.36. The third kappa shape index (κ3) is 6.66. The van der Waals surface area contributed by atoms with E-state index in [2.05, 4.69) is 10.6 Å². The first kappa shape index (κ1) is 18.0. The van der Waals surface area contributed by atoms with Crippen molar-refractivity contribution in [3.05, 3.63) is 28.8 Å². The normalized spacial score (nSPS) is 9.63.